The first-order valence-corrected chi connectivity index (χ1v) is 8.88. The average molecular weight is 305 g/mol. The molecule has 0 radical (unpaired) electrons. The number of nitrogens with one attached hydrogen (secondary N) is 1. The third-order valence-electron chi connectivity index (χ3n) is 7.66. The van der Waals surface area contributed by atoms with Crippen LogP contribution in [-0.4, -0.2) is 23.0 Å². The van der Waals surface area contributed by atoms with Gasteiger partial charge in [0, 0.05) is 6.04 Å². The van der Waals surface area contributed by atoms with Gasteiger partial charge in [0.25, 0.3) is 0 Å². The lowest BCUT2D eigenvalue weighted by Gasteiger charge is -2.58. The zero-order chi connectivity index (χ0) is 15.8. The van der Waals surface area contributed by atoms with Gasteiger partial charge >= 0.3 is 5.97 Å². The first-order chi connectivity index (χ1) is 10.3. The van der Waals surface area contributed by atoms with Crippen LogP contribution in [0.3, 0.4) is 0 Å². The van der Waals surface area contributed by atoms with E-state index in [0.717, 1.165) is 19.3 Å². The minimum Gasteiger partial charge on any atom is -0.480 e. The first-order valence-electron chi connectivity index (χ1n) is 8.88. The molecular weight excluding hydrogens is 278 g/mol. The molecule has 4 saturated carbocycles. The number of carbonyl (C=O) groups is 2. The maximum absolute atomic E-state index is 12.7. The number of hydrogen-bond acceptors (Lipinski definition) is 2. The lowest BCUT2D eigenvalue weighted by Crippen LogP contribution is -2.62. The highest BCUT2D eigenvalue weighted by Crippen LogP contribution is 2.68. The summed E-state index contributed by atoms with van der Waals surface area (Å²) in [6.45, 7) is 4.55. The van der Waals surface area contributed by atoms with Crippen molar-refractivity contribution in [1.82, 2.24) is 5.32 Å². The molecule has 1 amide bonds. The van der Waals surface area contributed by atoms with E-state index in [1.807, 2.05) is 0 Å². The summed E-state index contributed by atoms with van der Waals surface area (Å²) in [4.78, 5) is 24.5. The number of carboxylic acids is 1. The SMILES string of the molecule is CC(C)[C@@]12CC[C@H](NC(=O)C3(C(=O)O)CC4(CCC4)C3)[C@@H]1C2. The summed E-state index contributed by atoms with van der Waals surface area (Å²) in [6.07, 6.45) is 7.95. The van der Waals surface area contributed by atoms with Crippen molar-refractivity contribution < 1.29 is 14.7 Å². The molecule has 0 aromatic heterocycles. The van der Waals surface area contributed by atoms with Gasteiger partial charge in [-0.15, -0.1) is 0 Å². The van der Waals surface area contributed by atoms with E-state index < -0.39 is 11.4 Å². The Balaban J connectivity index is 1.43. The third kappa shape index (κ3) is 1.70. The summed E-state index contributed by atoms with van der Waals surface area (Å²) < 4.78 is 0. The van der Waals surface area contributed by atoms with Crippen molar-refractivity contribution in [3.05, 3.63) is 0 Å². The van der Waals surface area contributed by atoms with E-state index in [9.17, 15) is 14.7 Å². The predicted octanol–water partition coefficient (Wildman–Crippen LogP) is 2.96. The zero-order valence-electron chi connectivity index (χ0n) is 13.7. The van der Waals surface area contributed by atoms with Gasteiger partial charge in [0.2, 0.25) is 5.91 Å². The van der Waals surface area contributed by atoms with E-state index in [0.29, 0.717) is 30.1 Å². The molecule has 4 nitrogen and oxygen atoms in total. The number of hydrogen-bond donors (Lipinski definition) is 2. The molecule has 0 bridgehead atoms. The molecule has 0 saturated heterocycles. The molecule has 3 atom stereocenters. The fraction of sp³-hybridized carbons (Fsp3) is 0.889. The summed E-state index contributed by atoms with van der Waals surface area (Å²) in [5, 5.41) is 12.8. The molecule has 0 aromatic rings. The third-order valence-corrected chi connectivity index (χ3v) is 7.66. The second kappa shape index (κ2) is 4.27. The van der Waals surface area contributed by atoms with Gasteiger partial charge in [-0.05, 0) is 67.6 Å². The van der Waals surface area contributed by atoms with Crippen LogP contribution in [0.15, 0.2) is 0 Å². The van der Waals surface area contributed by atoms with E-state index in [4.69, 9.17) is 0 Å². The van der Waals surface area contributed by atoms with Crippen LogP contribution in [0, 0.1) is 28.1 Å². The summed E-state index contributed by atoms with van der Waals surface area (Å²) in [5.74, 6) is 0.134. The van der Waals surface area contributed by atoms with Crippen LogP contribution < -0.4 is 5.32 Å². The zero-order valence-corrected chi connectivity index (χ0v) is 13.7. The molecule has 0 aliphatic heterocycles. The van der Waals surface area contributed by atoms with Gasteiger partial charge in [0.05, 0.1) is 0 Å². The molecular formula is C18H27NO3. The Morgan fingerprint density at radius 3 is 2.27 bits per heavy atom. The van der Waals surface area contributed by atoms with Crippen LogP contribution in [0.25, 0.3) is 0 Å². The van der Waals surface area contributed by atoms with Crippen molar-refractivity contribution >= 4 is 11.9 Å². The fourth-order valence-corrected chi connectivity index (χ4v) is 5.91. The van der Waals surface area contributed by atoms with Crippen LogP contribution >= 0.6 is 0 Å². The normalized spacial score (nSPS) is 39.8. The predicted molar refractivity (Wildman–Crippen MR) is 82.1 cm³/mol. The van der Waals surface area contributed by atoms with E-state index >= 15 is 0 Å². The molecule has 4 aliphatic carbocycles. The smallest absolute Gasteiger partial charge is 0.319 e. The maximum Gasteiger partial charge on any atom is 0.319 e. The van der Waals surface area contributed by atoms with Crippen molar-refractivity contribution in [1.29, 1.82) is 0 Å². The van der Waals surface area contributed by atoms with E-state index in [2.05, 4.69) is 19.2 Å². The second-order valence-corrected chi connectivity index (χ2v) is 8.91. The number of carbonyl (C=O) groups excluding carboxylic acids is 1. The Bertz CT molecular complexity index is 528. The van der Waals surface area contributed by atoms with Crippen molar-refractivity contribution in [2.24, 2.45) is 28.1 Å². The van der Waals surface area contributed by atoms with Crippen LogP contribution in [-0.2, 0) is 9.59 Å². The molecule has 122 valence electrons. The number of fused-ring (bicyclic) bond motifs is 1. The molecule has 22 heavy (non-hydrogen) atoms. The Kier molecular flexibility index (Phi) is 2.82. The van der Waals surface area contributed by atoms with Crippen molar-refractivity contribution in [3.63, 3.8) is 0 Å². The van der Waals surface area contributed by atoms with Gasteiger partial charge in [-0.25, -0.2) is 0 Å². The lowest BCUT2D eigenvalue weighted by atomic mass is 9.45. The van der Waals surface area contributed by atoms with E-state index in [1.165, 1.54) is 19.3 Å². The lowest BCUT2D eigenvalue weighted by molar-refractivity contribution is -0.181. The molecule has 1 spiro atoms. The van der Waals surface area contributed by atoms with Crippen molar-refractivity contribution in [2.45, 2.75) is 71.3 Å². The second-order valence-electron chi connectivity index (χ2n) is 8.91. The first kappa shape index (κ1) is 14.5. The highest BCUT2D eigenvalue weighted by Gasteiger charge is 2.67. The van der Waals surface area contributed by atoms with Gasteiger partial charge < -0.3 is 10.4 Å². The van der Waals surface area contributed by atoms with Crippen LogP contribution in [0.1, 0.15) is 65.2 Å². The molecule has 2 N–H and O–H groups in total. The molecule has 0 unspecified atom stereocenters. The Morgan fingerprint density at radius 2 is 1.86 bits per heavy atom. The van der Waals surface area contributed by atoms with Crippen LogP contribution in [0.5, 0.6) is 0 Å². The van der Waals surface area contributed by atoms with Gasteiger partial charge in [0.15, 0.2) is 0 Å². The number of aliphatic carboxylic acids is 1. The molecule has 4 fully saturated rings. The number of amides is 1. The monoisotopic (exact) mass is 305 g/mol. The summed E-state index contributed by atoms with van der Waals surface area (Å²) in [5.41, 5.74) is -0.506. The standard InChI is InChI=1S/C18H27NO3/c1-11(2)17-7-4-13(12(17)8-17)19-14(20)18(15(21)22)9-16(10-18)5-3-6-16/h11-13H,3-10H2,1-2H3,(H,19,20)(H,21,22)/t12-,13-,17-/m0/s1. The summed E-state index contributed by atoms with van der Waals surface area (Å²) >= 11 is 0. The fourth-order valence-electron chi connectivity index (χ4n) is 5.91. The molecule has 4 aliphatic rings. The van der Waals surface area contributed by atoms with Gasteiger partial charge in [-0.3, -0.25) is 9.59 Å². The van der Waals surface area contributed by atoms with Gasteiger partial charge in [-0.2, -0.15) is 0 Å². The maximum atomic E-state index is 12.7. The average Bonchev–Trinajstić information content (AvgIpc) is 2.99. The minimum atomic E-state index is -1.13. The topological polar surface area (TPSA) is 66.4 Å². The Hall–Kier alpha value is -1.06. The Morgan fingerprint density at radius 1 is 1.18 bits per heavy atom. The highest BCUT2D eigenvalue weighted by atomic mass is 16.4. The molecule has 0 aromatic carbocycles. The molecule has 4 heteroatoms. The van der Waals surface area contributed by atoms with E-state index in [1.54, 1.807) is 0 Å². The minimum absolute atomic E-state index is 0.187. The van der Waals surface area contributed by atoms with Crippen molar-refractivity contribution in [2.75, 3.05) is 0 Å². The number of rotatable bonds is 4. The van der Waals surface area contributed by atoms with Crippen LogP contribution in [0.2, 0.25) is 0 Å². The molecule has 4 rings (SSSR count). The van der Waals surface area contributed by atoms with Crippen molar-refractivity contribution in [3.8, 4) is 0 Å². The van der Waals surface area contributed by atoms with Gasteiger partial charge in [0.1, 0.15) is 5.41 Å². The highest BCUT2D eigenvalue weighted by molar-refractivity contribution is 6.03. The number of carboxylic acid groups (broad SMARTS) is 1. The Labute approximate surface area is 132 Å². The van der Waals surface area contributed by atoms with Gasteiger partial charge in [-0.1, -0.05) is 20.3 Å². The van der Waals surface area contributed by atoms with Crippen LogP contribution in [0.4, 0.5) is 0 Å². The summed E-state index contributed by atoms with van der Waals surface area (Å²) in [6, 6.07) is 0.212. The van der Waals surface area contributed by atoms with E-state index in [-0.39, 0.29) is 17.4 Å². The molecule has 0 heterocycles. The summed E-state index contributed by atoms with van der Waals surface area (Å²) in [7, 11) is 0. The largest absolute Gasteiger partial charge is 0.480 e. The quantitative estimate of drug-likeness (QED) is 0.785.